The lowest BCUT2D eigenvalue weighted by molar-refractivity contribution is -0.180. The van der Waals surface area contributed by atoms with Gasteiger partial charge in [-0.15, -0.1) is 12.3 Å². The third-order valence-corrected chi connectivity index (χ3v) is 3.78. The highest BCUT2D eigenvalue weighted by molar-refractivity contribution is 5.26. The molecule has 0 bridgehead atoms. The zero-order valence-corrected chi connectivity index (χ0v) is 16.3. The lowest BCUT2D eigenvalue weighted by atomic mass is 10.0. The van der Waals surface area contributed by atoms with Gasteiger partial charge in [0.2, 0.25) is 0 Å². The van der Waals surface area contributed by atoms with Crippen molar-refractivity contribution in [2.75, 3.05) is 41.5 Å². The van der Waals surface area contributed by atoms with E-state index in [-0.39, 0.29) is 26.6 Å². The fourth-order valence-corrected chi connectivity index (χ4v) is 2.40. The normalized spacial score (nSPS) is 14.3. The molecule has 0 fully saturated rings. The van der Waals surface area contributed by atoms with Gasteiger partial charge in [0.05, 0.1) is 32.5 Å². The molecule has 3 atom stereocenters. The van der Waals surface area contributed by atoms with E-state index < -0.39 is 18.3 Å². The van der Waals surface area contributed by atoms with Crippen molar-refractivity contribution in [2.45, 2.75) is 37.8 Å². The topological polar surface area (TPSA) is 75.6 Å². The molecule has 0 amide bonds. The Morgan fingerprint density at radius 3 is 2.19 bits per heavy atom. The summed E-state index contributed by atoms with van der Waals surface area (Å²) in [7, 11) is 4.69. The van der Waals surface area contributed by atoms with Gasteiger partial charge in [-0.2, -0.15) is 0 Å². The molecular weight excluding hydrogens is 352 g/mol. The number of ether oxygens (including phenoxy) is 6. The van der Waals surface area contributed by atoms with Crippen LogP contribution in [0.5, 0.6) is 5.75 Å². The van der Waals surface area contributed by atoms with Crippen molar-refractivity contribution in [3.05, 3.63) is 29.8 Å². The van der Waals surface area contributed by atoms with Crippen LogP contribution in [0.1, 0.15) is 18.4 Å². The van der Waals surface area contributed by atoms with Crippen molar-refractivity contribution < 1.29 is 33.5 Å². The molecule has 152 valence electrons. The van der Waals surface area contributed by atoms with E-state index in [0.29, 0.717) is 13.0 Å². The highest BCUT2D eigenvalue weighted by atomic mass is 16.7. The van der Waals surface area contributed by atoms with Crippen molar-refractivity contribution in [3.8, 4) is 18.1 Å². The van der Waals surface area contributed by atoms with E-state index in [0.717, 1.165) is 11.3 Å². The van der Waals surface area contributed by atoms with Crippen LogP contribution in [0, 0.1) is 12.3 Å². The van der Waals surface area contributed by atoms with Crippen LogP contribution in [-0.4, -0.2) is 64.9 Å². The van der Waals surface area contributed by atoms with Gasteiger partial charge in [0.15, 0.2) is 0 Å². The Hall–Kier alpha value is -1.66. The zero-order valence-electron chi connectivity index (χ0n) is 16.3. The third kappa shape index (κ3) is 9.73. The van der Waals surface area contributed by atoms with Gasteiger partial charge in [0.1, 0.15) is 25.4 Å². The van der Waals surface area contributed by atoms with Gasteiger partial charge in [-0.1, -0.05) is 12.1 Å². The number of methoxy groups -OCH3 is 3. The molecule has 0 saturated heterocycles. The maximum absolute atomic E-state index is 10.0. The Labute approximate surface area is 161 Å². The molecule has 1 N–H and O–H groups in total. The Kier molecular flexibility index (Phi) is 12.5. The second-order valence-electron chi connectivity index (χ2n) is 5.88. The quantitative estimate of drug-likeness (QED) is 0.367. The summed E-state index contributed by atoms with van der Waals surface area (Å²) in [6.45, 7) is 0.806. The highest BCUT2D eigenvalue weighted by Crippen LogP contribution is 2.16. The molecular formula is C20H30O7. The standard InChI is InChI=1S/C20H30O7/c1-5-6-17(21)11-19(26-14-22-2)20(27-15-23-3)13-25-12-16-7-9-18(24-4)10-8-16/h1,7-10,17,19-21H,6,11-15H2,2-4H3/t17-,19-,20-/m1/s1. The fraction of sp³-hybridized carbons (Fsp3) is 0.600. The van der Waals surface area contributed by atoms with E-state index in [1.54, 1.807) is 7.11 Å². The molecule has 0 aliphatic rings. The van der Waals surface area contributed by atoms with Crippen LogP contribution in [0.25, 0.3) is 0 Å². The summed E-state index contributed by atoms with van der Waals surface area (Å²) in [6, 6.07) is 7.61. The van der Waals surface area contributed by atoms with Crippen molar-refractivity contribution >= 4 is 0 Å². The molecule has 0 aliphatic carbocycles. The van der Waals surface area contributed by atoms with E-state index in [1.807, 2.05) is 24.3 Å². The average Bonchev–Trinajstić information content (AvgIpc) is 2.68. The molecule has 0 aliphatic heterocycles. The minimum Gasteiger partial charge on any atom is -0.497 e. The summed E-state index contributed by atoms with van der Waals surface area (Å²) in [5.74, 6) is 3.23. The van der Waals surface area contributed by atoms with Gasteiger partial charge in [-0.05, 0) is 17.7 Å². The first-order valence-electron chi connectivity index (χ1n) is 8.67. The summed E-state index contributed by atoms with van der Waals surface area (Å²) in [4.78, 5) is 0. The minimum atomic E-state index is -0.702. The van der Waals surface area contributed by atoms with Crippen LogP contribution in [0.4, 0.5) is 0 Å². The maximum atomic E-state index is 10.0. The number of rotatable bonds is 15. The van der Waals surface area contributed by atoms with Crippen molar-refractivity contribution in [1.29, 1.82) is 0 Å². The van der Waals surface area contributed by atoms with Gasteiger partial charge in [0, 0.05) is 27.1 Å². The van der Waals surface area contributed by atoms with Crippen LogP contribution >= 0.6 is 0 Å². The van der Waals surface area contributed by atoms with Crippen LogP contribution < -0.4 is 4.74 Å². The van der Waals surface area contributed by atoms with Gasteiger partial charge in [-0.25, -0.2) is 0 Å². The predicted octanol–water partition coefficient (Wildman–Crippen LogP) is 1.96. The first kappa shape index (κ1) is 23.4. The monoisotopic (exact) mass is 382 g/mol. The molecule has 1 rings (SSSR count). The Morgan fingerprint density at radius 1 is 1.00 bits per heavy atom. The molecule has 7 heteroatoms. The maximum Gasteiger partial charge on any atom is 0.146 e. The van der Waals surface area contributed by atoms with E-state index in [9.17, 15) is 5.11 Å². The van der Waals surface area contributed by atoms with Crippen LogP contribution in [-0.2, 0) is 30.3 Å². The lowest BCUT2D eigenvalue weighted by Gasteiger charge is -2.28. The predicted molar refractivity (Wildman–Crippen MR) is 100 cm³/mol. The SMILES string of the molecule is C#CC[C@@H](O)C[C@@H](OCOC)[C@@H](COCc1ccc(OC)cc1)OCOC. The molecule has 1 aromatic rings. The number of aliphatic hydroxyl groups excluding tert-OH is 1. The Morgan fingerprint density at radius 2 is 1.63 bits per heavy atom. The van der Waals surface area contributed by atoms with E-state index in [1.165, 1.54) is 14.2 Å². The van der Waals surface area contributed by atoms with Gasteiger partial charge in [-0.3, -0.25) is 0 Å². The molecule has 0 saturated carbocycles. The van der Waals surface area contributed by atoms with Crippen molar-refractivity contribution in [2.24, 2.45) is 0 Å². The molecule has 0 heterocycles. The molecule has 7 nitrogen and oxygen atoms in total. The largest absolute Gasteiger partial charge is 0.497 e. The zero-order chi connectivity index (χ0) is 19.9. The summed E-state index contributed by atoms with van der Waals surface area (Å²) < 4.78 is 32.3. The Balaban J connectivity index is 2.65. The molecule has 0 spiro atoms. The van der Waals surface area contributed by atoms with Gasteiger partial charge in [0.25, 0.3) is 0 Å². The molecule has 27 heavy (non-hydrogen) atoms. The lowest BCUT2D eigenvalue weighted by Crippen LogP contribution is -2.39. The number of hydrogen-bond donors (Lipinski definition) is 1. The second kappa shape index (κ2) is 14.4. The summed E-state index contributed by atoms with van der Waals surface area (Å²) in [5.41, 5.74) is 1.00. The third-order valence-electron chi connectivity index (χ3n) is 3.78. The Bertz CT molecular complexity index is 526. The van der Waals surface area contributed by atoms with E-state index in [4.69, 9.17) is 34.8 Å². The van der Waals surface area contributed by atoms with E-state index >= 15 is 0 Å². The molecule has 0 aromatic heterocycles. The van der Waals surface area contributed by atoms with Crippen LogP contribution in [0.15, 0.2) is 24.3 Å². The first-order valence-corrected chi connectivity index (χ1v) is 8.67. The first-order chi connectivity index (χ1) is 13.1. The number of benzene rings is 1. The number of terminal acetylenes is 1. The van der Waals surface area contributed by atoms with Crippen molar-refractivity contribution in [3.63, 3.8) is 0 Å². The van der Waals surface area contributed by atoms with E-state index in [2.05, 4.69) is 5.92 Å². The summed E-state index contributed by atoms with van der Waals surface area (Å²) >= 11 is 0. The summed E-state index contributed by atoms with van der Waals surface area (Å²) in [6.07, 6.45) is 4.18. The second-order valence-corrected chi connectivity index (χ2v) is 5.88. The summed E-state index contributed by atoms with van der Waals surface area (Å²) in [5, 5.41) is 10.0. The average molecular weight is 382 g/mol. The number of aliphatic hydroxyl groups is 1. The van der Waals surface area contributed by atoms with Gasteiger partial charge < -0.3 is 33.5 Å². The van der Waals surface area contributed by atoms with Crippen LogP contribution in [0.3, 0.4) is 0 Å². The molecule has 0 unspecified atom stereocenters. The minimum absolute atomic E-state index is 0.0682. The highest BCUT2D eigenvalue weighted by Gasteiger charge is 2.26. The smallest absolute Gasteiger partial charge is 0.146 e. The number of hydrogen-bond acceptors (Lipinski definition) is 7. The van der Waals surface area contributed by atoms with Crippen molar-refractivity contribution in [1.82, 2.24) is 0 Å². The molecule has 0 radical (unpaired) electrons. The molecule has 1 aromatic carbocycles. The van der Waals surface area contributed by atoms with Crippen LogP contribution in [0.2, 0.25) is 0 Å². The van der Waals surface area contributed by atoms with Gasteiger partial charge >= 0.3 is 0 Å². The fourth-order valence-electron chi connectivity index (χ4n) is 2.40.